The first-order chi connectivity index (χ1) is 21.0. The molecule has 0 radical (unpaired) electrons. The van der Waals surface area contributed by atoms with Crippen molar-refractivity contribution in [3.05, 3.63) is 129 Å². The monoisotopic (exact) mass is 651 g/mol. The van der Waals surface area contributed by atoms with Crippen LogP contribution in [0.25, 0.3) is 0 Å². The van der Waals surface area contributed by atoms with E-state index in [1.165, 1.54) is 17.0 Å². The molecule has 0 saturated heterocycles. The number of carbonyl (C=O) groups excluding carboxylic acids is 2. The van der Waals surface area contributed by atoms with Gasteiger partial charge in [0.25, 0.3) is 10.0 Å². The first kappa shape index (κ1) is 33.1. The molecule has 1 N–H and O–H groups in total. The van der Waals surface area contributed by atoms with Crippen LogP contribution in [0.2, 0.25) is 10.0 Å². The molecule has 4 aromatic rings. The molecule has 0 spiro atoms. The average Bonchev–Trinajstić information content (AvgIpc) is 3.00. The Hall–Kier alpha value is -3.85. The third-order valence-electron chi connectivity index (χ3n) is 7.19. The molecule has 230 valence electrons. The van der Waals surface area contributed by atoms with Gasteiger partial charge in [-0.05, 0) is 67.8 Å². The van der Waals surface area contributed by atoms with Gasteiger partial charge >= 0.3 is 0 Å². The van der Waals surface area contributed by atoms with Gasteiger partial charge in [0.05, 0.1) is 20.6 Å². The zero-order valence-corrected chi connectivity index (χ0v) is 27.2. The minimum atomic E-state index is -4.17. The largest absolute Gasteiger partial charge is 0.355 e. The molecule has 0 fully saturated rings. The predicted octanol–water partition coefficient (Wildman–Crippen LogP) is 6.58. The molecule has 10 heteroatoms. The summed E-state index contributed by atoms with van der Waals surface area (Å²) < 4.78 is 29.3. The normalized spacial score (nSPS) is 11.9. The van der Waals surface area contributed by atoms with E-state index in [2.05, 4.69) is 5.32 Å². The van der Waals surface area contributed by atoms with Gasteiger partial charge in [-0.15, -0.1) is 0 Å². The van der Waals surface area contributed by atoms with E-state index in [1.807, 2.05) is 43.3 Å². The number of likely N-dealkylation sites (N-methyl/N-ethyl adjacent to an activating group) is 1. The van der Waals surface area contributed by atoms with Crippen LogP contribution in [-0.4, -0.2) is 44.3 Å². The Morgan fingerprint density at radius 3 is 2.09 bits per heavy atom. The van der Waals surface area contributed by atoms with Crippen molar-refractivity contribution in [3.63, 3.8) is 0 Å². The Labute approximate surface area is 269 Å². The molecule has 2 amide bonds. The van der Waals surface area contributed by atoms with Crippen LogP contribution >= 0.6 is 23.2 Å². The Kier molecular flexibility index (Phi) is 11.1. The first-order valence-corrected chi connectivity index (χ1v) is 16.4. The second kappa shape index (κ2) is 14.8. The Balaban J connectivity index is 1.82. The minimum Gasteiger partial charge on any atom is -0.355 e. The highest BCUT2D eigenvalue weighted by atomic mass is 35.5. The number of sulfonamides is 1. The van der Waals surface area contributed by atoms with Crippen LogP contribution in [0.4, 0.5) is 5.69 Å². The van der Waals surface area contributed by atoms with Gasteiger partial charge in [0.15, 0.2) is 0 Å². The standard InChI is InChI=1S/C34H35Cl2N3O4S/c1-4-37-34(41)32(21-26-11-7-5-8-12-26)38(22-27-16-17-29(35)30(36)20-27)33(40)23-39(31-18-15-24(2)19-25(31)3)44(42,43)28-13-9-6-10-14-28/h5-20,32H,4,21-23H2,1-3H3,(H,37,41)/t32-/m0/s1. The third kappa shape index (κ3) is 8.00. The topological polar surface area (TPSA) is 86.8 Å². The summed E-state index contributed by atoms with van der Waals surface area (Å²) in [6, 6.07) is 26.8. The molecule has 0 aliphatic heterocycles. The lowest BCUT2D eigenvalue weighted by Gasteiger charge is -2.34. The summed E-state index contributed by atoms with van der Waals surface area (Å²) in [5, 5.41) is 3.51. The second-order valence-electron chi connectivity index (χ2n) is 10.5. The summed E-state index contributed by atoms with van der Waals surface area (Å²) in [5.74, 6) is -0.906. The second-order valence-corrected chi connectivity index (χ2v) is 13.2. The highest BCUT2D eigenvalue weighted by Crippen LogP contribution is 2.29. The van der Waals surface area contributed by atoms with Gasteiger partial charge in [-0.2, -0.15) is 0 Å². The lowest BCUT2D eigenvalue weighted by molar-refractivity contribution is -0.140. The number of nitrogens with zero attached hydrogens (tertiary/aromatic N) is 2. The third-order valence-corrected chi connectivity index (χ3v) is 9.70. The number of nitrogens with one attached hydrogen (secondary N) is 1. The number of anilines is 1. The van der Waals surface area contributed by atoms with E-state index in [1.54, 1.807) is 62.4 Å². The van der Waals surface area contributed by atoms with Crippen molar-refractivity contribution in [3.8, 4) is 0 Å². The number of amides is 2. The van der Waals surface area contributed by atoms with Gasteiger partial charge < -0.3 is 10.2 Å². The number of hydrogen-bond acceptors (Lipinski definition) is 4. The van der Waals surface area contributed by atoms with Gasteiger partial charge in [0, 0.05) is 19.5 Å². The van der Waals surface area contributed by atoms with Crippen LogP contribution in [0.3, 0.4) is 0 Å². The van der Waals surface area contributed by atoms with Crippen LogP contribution < -0.4 is 9.62 Å². The maximum absolute atomic E-state index is 14.5. The van der Waals surface area contributed by atoms with Crippen molar-refractivity contribution in [2.45, 2.75) is 44.7 Å². The van der Waals surface area contributed by atoms with Crippen molar-refractivity contribution < 1.29 is 18.0 Å². The summed E-state index contributed by atoms with van der Waals surface area (Å²) in [5.41, 5.74) is 3.51. The molecule has 0 aromatic heterocycles. The number of benzene rings is 4. The van der Waals surface area contributed by atoms with E-state index in [0.717, 1.165) is 15.4 Å². The van der Waals surface area contributed by atoms with Crippen molar-refractivity contribution in [1.29, 1.82) is 0 Å². The molecular formula is C34H35Cl2N3O4S. The van der Waals surface area contributed by atoms with Crippen molar-refractivity contribution in [2.75, 3.05) is 17.4 Å². The van der Waals surface area contributed by atoms with E-state index >= 15 is 0 Å². The molecule has 4 rings (SSSR count). The summed E-state index contributed by atoms with van der Waals surface area (Å²) in [4.78, 5) is 29.5. The lowest BCUT2D eigenvalue weighted by Crippen LogP contribution is -2.53. The van der Waals surface area contributed by atoms with E-state index < -0.39 is 28.5 Å². The highest BCUT2D eigenvalue weighted by molar-refractivity contribution is 7.92. The van der Waals surface area contributed by atoms with Gasteiger partial charge in [0.1, 0.15) is 12.6 Å². The molecule has 0 aliphatic carbocycles. The SMILES string of the molecule is CCNC(=O)[C@H](Cc1ccccc1)N(Cc1ccc(Cl)c(Cl)c1)C(=O)CN(c1ccc(C)cc1C)S(=O)(=O)c1ccccc1. The fraction of sp³-hybridized carbons (Fsp3) is 0.235. The minimum absolute atomic E-state index is 0.00351. The smallest absolute Gasteiger partial charge is 0.264 e. The highest BCUT2D eigenvalue weighted by Gasteiger charge is 2.35. The molecule has 0 bridgehead atoms. The number of hydrogen-bond donors (Lipinski definition) is 1. The summed E-state index contributed by atoms with van der Waals surface area (Å²) in [6.07, 6.45) is 0.217. The summed E-state index contributed by atoms with van der Waals surface area (Å²) >= 11 is 12.5. The Morgan fingerprint density at radius 2 is 1.48 bits per heavy atom. The molecule has 0 saturated carbocycles. The number of carbonyl (C=O) groups is 2. The van der Waals surface area contributed by atoms with Crippen molar-refractivity contribution in [2.24, 2.45) is 0 Å². The molecule has 1 atom stereocenters. The molecule has 0 aliphatic rings. The molecule has 7 nitrogen and oxygen atoms in total. The molecule has 4 aromatic carbocycles. The maximum Gasteiger partial charge on any atom is 0.264 e. The summed E-state index contributed by atoms with van der Waals surface area (Å²) in [7, 11) is -4.17. The van der Waals surface area contributed by atoms with E-state index in [9.17, 15) is 18.0 Å². The molecule has 0 unspecified atom stereocenters. The van der Waals surface area contributed by atoms with Crippen LogP contribution in [0, 0.1) is 13.8 Å². The van der Waals surface area contributed by atoms with E-state index in [4.69, 9.17) is 23.2 Å². The molecule has 0 heterocycles. The Bertz CT molecular complexity index is 1720. The van der Waals surface area contributed by atoms with E-state index in [0.29, 0.717) is 33.4 Å². The fourth-order valence-corrected chi connectivity index (χ4v) is 6.82. The first-order valence-electron chi connectivity index (χ1n) is 14.2. The van der Waals surface area contributed by atoms with Gasteiger partial charge in [0.2, 0.25) is 11.8 Å². The van der Waals surface area contributed by atoms with Crippen LogP contribution in [0.15, 0.2) is 102 Å². The summed E-state index contributed by atoms with van der Waals surface area (Å²) in [6.45, 7) is 5.34. The van der Waals surface area contributed by atoms with Crippen LogP contribution in [0.5, 0.6) is 0 Å². The maximum atomic E-state index is 14.5. The fourth-order valence-electron chi connectivity index (χ4n) is 5.00. The van der Waals surface area contributed by atoms with Crippen molar-refractivity contribution in [1.82, 2.24) is 10.2 Å². The zero-order chi connectivity index (χ0) is 31.9. The average molecular weight is 653 g/mol. The van der Waals surface area contributed by atoms with Gasteiger partial charge in [-0.25, -0.2) is 8.42 Å². The van der Waals surface area contributed by atoms with Gasteiger partial charge in [-0.1, -0.05) is 95.5 Å². The van der Waals surface area contributed by atoms with E-state index in [-0.39, 0.29) is 23.8 Å². The number of halogens is 2. The number of aryl methyl sites for hydroxylation is 2. The molecule has 44 heavy (non-hydrogen) atoms. The van der Waals surface area contributed by atoms with Gasteiger partial charge in [-0.3, -0.25) is 13.9 Å². The van der Waals surface area contributed by atoms with Crippen molar-refractivity contribution >= 4 is 50.7 Å². The lowest BCUT2D eigenvalue weighted by atomic mass is 10.0. The predicted molar refractivity (Wildman–Crippen MR) is 177 cm³/mol. The quantitative estimate of drug-likeness (QED) is 0.187. The Morgan fingerprint density at radius 1 is 0.818 bits per heavy atom. The number of rotatable bonds is 12. The van der Waals surface area contributed by atoms with Crippen LogP contribution in [-0.2, 0) is 32.6 Å². The molecular weight excluding hydrogens is 617 g/mol. The zero-order valence-electron chi connectivity index (χ0n) is 24.8. The van der Waals surface area contributed by atoms with Crippen LogP contribution in [0.1, 0.15) is 29.2 Å².